The van der Waals surface area contributed by atoms with Crippen molar-refractivity contribution in [2.75, 3.05) is 37.5 Å². The van der Waals surface area contributed by atoms with Gasteiger partial charge in [-0.05, 0) is 24.0 Å². The van der Waals surface area contributed by atoms with Crippen molar-refractivity contribution in [3.05, 3.63) is 41.6 Å². The minimum absolute atomic E-state index is 0.0324. The molecule has 4 rings (SSSR count). The Bertz CT molecular complexity index is 1070. The van der Waals surface area contributed by atoms with Crippen LogP contribution in [-0.2, 0) is 11.3 Å². The molecule has 2 N–H and O–H groups in total. The summed E-state index contributed by atoms with van der Waals surface area (Å²) in [4.78, 5) is 28.2. The zero-order valence-electron chi connectivity index (χ0n) is 15.8. The summed E-state index contributed by atoms with van der Waals surface area (Å²) >= 11 is 1.42. The molecule has 0 saturated carbocycles. The van der Waals surface area contributed by atoms with E-state index in [2.05, 4.69) is 9.88 Å². The maximum atomic E-state index is 11.6. The lowest BCUT2D eigenvalue weighted by molar-refractivity contribution is 0.0690. The number of aliphatic hydroxyl groups excluding tert-OH is 1. The van der Waals surface area contributed by atoms with Gasteiger partial charge < -0.3 is 19.8 Å². The highest BCUT2D eigenvalue weighted by Gasteiger charge is 2.22. The number of rotatable bonds is 5. The van der Waals surface area contributed by atoms with Crippen LogP contribution in [0.15, 0.2) is 35.2 Å². The first-order chi connectivity index (χ1) is 14.1. The van der Waals surface area contributed by atoms with Crippen LogP contribution >= 0.6 is 11.8 Å². The van der Waals surface area contributed by atoms with Crippen molar-refractivity contribution in [3.8, 4) is 11.4 Å². The predicted molar refractivity (Wildman–Crippen MR) is 110 cm³/mol. The SMILES string of the molecule is CSc1cc(C(=O)O)nc2c(N3CCOCC3)nc(-c3cccc(CO)c3)nc12. The van der Waals surface area contributed by atoms with E-state index in [1.807, 2.05) is 30.5 Å². The second kappa shape index (κ2) is 8.32. The second-order valence-electron chi connectivity index (χ2n) is 6.54. The number of ether oxygens (including phenoxy) is 1. The number of benzene rings is 1. The smallest absolute Gasteiger partial charge is 0.354 e. The number of aromatic carboxylic acids is 1. The van der Waals surface area contributed by atoms with Crippen LogP contribution in [0.1, 0.15) is 16.1 Å². The van der Waals surface area contributed by atoms with E-state index in [0.717, 1.165) is 16.0 Å². The molecular formula is C20H20N4O4S. The highest BCUT2D eigenvalue weighted by molar-refractivity contribution is 7.98. The largest absolute Gasteiger partial charge is 0.477 e. The summed E-state index contributed by atoms with van der Waals surface area (Å²) in [6.07, 6.45) is 1.88. The third-order valence-corrected chi connectivity index (χ3v) is 5.47. The molecule has 1 aromatic carbocycles. The molecule has 1 fully saturated rings. The summed E-state index contributed by atoms with van der Waals surface area (Å²) in [7, 11) is 0. The number of hydrogen-bond donors (Lipinski definition) is 2. The van der Waals surface area contributed by atoms with Gasteiger partial charge in [-0.1, -0.05) is 18.2 Å². The van der Waals surface area contributed by atoms with Crippen molar-refractivity contribution in [1.82, 2.24) is 15.0 Å². The van der Waals surface area contributed by atoms with Crippen LogP contribution in [0.2, 0.25) is 0 Å². The lowest BCUT2D eigenvalue weighted by Crippen LogP contribution is -2.37. The van der Waals surface area contributed by atoms with E-state index in [1.165, 1.54) is 11.8 Å². The number of anilines is 1. The zero-order valence-corrected chi connectivity index (χ0v) is 16.6. The van der Waals surface area contributed by atoms with E-state index in [0.29, 0.717) is 49.0 Å². The summed E-state index contributed by atoms with van der Waals surface area (Å²) in [5.41, 5.74) is 2.60. The van der Waals surface area contributed by atoms with E-state index < -0.39 is 5.97 Å². The fraction of sp³-hybridized carbons (Fsp3) is 0.300. The summed E-state index contributed by atoms with van der Waals surface area (Å²) in [5, 5.41) is 19.0. The normalized spacial score (nSPS) is 14.3. The average molecular weight is 412 g/mol. The standard InChI is InChI=1S/C20H20N4O4S/c1-29-15-10-14(20(26)27)21-17-16(15)22-18(13-4-2-3-12(9-13)11-25)23-19(17)24-5-7-28-8-6-24/h2-4,9-10,25H,5-8,11H2,1H3,(H,26,27). The Morgan fingerprint density at radius 3 is 2.66 bits per heavy atom. The van der Waals surface area contributed by atoms with E-state index in [-0.39, 0.29) is 12.3 Å². The van der Waals surface area contributed by atoms with Crippen molar-refractivity contribution in [3.63, 3.8) is 0 Å². The topological polar surface area (TPSA) is 109 Å². The molecule has 8 nitrogen and oxygen atoms in total. The maximum absolute atomic E-state index is 11.6. The molecule has 1 saturated heterocycles. The fourth-order valence-electron chi connectivity index (χ4n) is 3.26. The molecule has 0 bridgehead atoms. The molecule has 1 aliphatic rings. The number of pyridine rings is 1. The molecule has 1 aliphatic heterocycles. The Labute approximate surface area is 171 Å². The van der Waals surface area contributed by atoms with Crippen molar-refractivity contribution in [1.29, 1.82) is 0 Å². The van der Waals surface area contributed by atoms with Gasteiger partial charge in [0.1, 0.15) is 16.7 Å². The Kier molecular flexibility index (Phi) is 5.61. The molecule has 29 heavy (non-hydrogen) atoms. The van der Waals surface area contributed by atoms with Gasteiger partial charge in [0.15, 0.2) is 11.6 Å². The first kappa shape index (κ1) is 19.6. The van der Waals surface area contributed by atoms with Gasteiger partial charge in [0.25, 0.3) is 0 Å². The summed E-state index contributed by atoms with van der Waals surface area (Å²) < 4.78 is 5.45. The average Bonchev–Trinajstić information content (AvgIpc) is 2.78. The molecule has 9 heteroatoms. The molecule has 0 radical (unpaired) electrons. The van der Waals surface area contributed by atoms with Crippen LogP contribution in [0.25, 0.3) is 22.4 Å². The van der Waals surface area contributed by atoms with Crippen LogP contribution < -0.4 is 4.90 Å². The van der Waals surface area contributed by atoms with Gasteiger partial charge in [-0.25, -0.2) is 19.7 Å². The van der Waals surface area contributed by atoms with Crippen molar-refractivity contribution >= 4 is 34.6 Å². The van der Waals surface area contributed by atoms with Gasteiger partial charge in [-0.3, -0.25) is 0 Å². The fourth-order valence-corrected chi connectivity index (χ4v) is 3.83. The molecule has 0 spiro atoms. The van der Waals surface area contributed by atoms with Crippen LogP contribution in [-0.4, -0.2) is 63.7 Å². The lowest BCUT2D eigenvalue weighted by Gasteiger charge is -2.28. The minimum atomic E-state index is -1.09. The molecule has 2 aromatic heterocycles. The first-order valence-corrected chi connectivity index (χ1v) is 10.4. The second-order valence-corrected chi connectivity index (χ2v) is 7.39. The van der Waals surface area contributed by atoms with E-state index in [4.69, 9.17) is 14.7 Å². The number of fused-ring (bicyclic) bond motifs is 1. The Morgan fingerprint density at radius 2 is 1.97 bits per heavy atom. The summed E-state index contributed by atoms with van der Waals surface area (Å²) in [6, 6.07) is 8.97. The molecular weight excluding hydrogens is 392 g/mol. The van der Waals surface area contributed by atoms with Crippen molar-refractivity contribution in [2.24, 2.45) is 0 Å². The third kappa shape index (κ3) is 3.89. The molecule has 0 amide bonds. The number of carbonyl (C=O) groups is 1. The number of thioether (sulfide) groups is 1. The van der Waals surface area contributed by atoms with E-state index in [1.54, 1.807) is 6.07 Å². The molecule has 150 valence electrons. The summed E-state index contributed by atoms with van der Waals surface area (Å²) in [6.45, 7) is 2.33. The molecule has 0 atom stereocenters. The number of aromatic nitrogens is 3. The predicted octanol–water partition coefficient (Wildman–Crippen LogP) is 2.44. The molecule has 0 unspecified atom stereocenters. The highest BCUT2D eigenvalue weighted by atomic mass is 32.2. The Hall–Kier alpha value is -2.75. The van der Waals surface area contributed by atoms with E-state index >= 15 is 0 Å². The van der Waals surface area contributed by atoms with Crippen LogP contribution in [0.4, 0.5) is 5.82 Å². The minimum Gasteiger partial charge on any atom is -0.477 e. The van der Waals surface area contributed by atoms with Gasteiger partial charge in [0.2, 0.25) is 0 Å². The number of hydrogen-bond acceptors (Lipinski definition) is 8. The van der Waals surface area contributed by atoms with Gasteiger partial charge in [-0.2, -0.15) is 0 Å². The Morgan fingerprint density at radius 1 is 1.17 bits per heavy atom. The van der Waals surface area contributed by atoms with Gasteiger partial charge in [0, 0.05) is 23.5 Å². The van der Waals surface area contributed by atoms with Crippen LogP contribution in [0, 0.1) is 0 Å². The monoisotopic (exact) mass is 412 g/mol. The van der Waals surface area contributed by atoms with Gasteiger partial charge in [-0.15, -0.1) is 11.8 Å². The van der Waals surface area contributed by atoms with Gasteiger partial charge >= 0.3 is 5.97 Å². The quantitative estimate of drug-likeness (QED) is 0.611. The van der Waals surface area contributed by atoms with Crippen LogP contribution in [0.5, 0.6) is 0 Å². The highest BCUT2D eigenvalue weighted by Crippen LogP contribution is 2.33. The summed E-state index contributed by atoms with van der Waals surface area (Å²) in [5.74, 6) is 0.0189. The number of morpholine rings is 1. The Balaban J connectivity index is 1.98. The van der Waals surface area contributed by atoms with Crippen LogP contribution in [0.3, 0.4) is 0 Å². The molecule has 0 aliphatic carbocycles. The number of carboxylic acid groups (broad SMARTS) is 1. The number of carboxylic acids is 1. The van der Waals surface area contributed by atoms with Crippen molar-refractivity contribution in [2.45, 2.75) is 11.5 Å². The lowest BCUT2D eigenvalue weighted by atomic mass is 10.1. The number of aliphatic hydroxyl groups is 1. The van der Waals surface area contributed by atoms with E-state index in [9.17, 15) is 15.0 Å². The third-order valence-electron chi connectivity index (χ3n) is 4.72. The van der Waals surface area contributed by atoms with Gasteiger partial charge in [0.05, 0.1) is 19.8 Å². The molecule has 3 heterocycles. The number of nitrogens with zero attached hydrogens (tertiary/aromatic N) is 4. The maximum Gasteiger partial charge on any atom is 0.354 e. The zero-order chi connectivity index (χ0) is 20.4. The first-order valence-electron chi connectivity index (χ1n) is 9.13. The molecule has 3 aromatic rings. The van der Waals surface area contributed by atoms with Crippen molar-refractivity contribution < 1.29 is 19.7 Å².